The molecule has 2 heterocycles. The molecule has 0 atom stereocenters. The highest BCUT2D eigenvalue weighted by molar-refractivity contribution is 7.07. The fraction of sp³-hybridized carbons (Fsp3) is 0.333. The third-order valence-electron chi connectivity index (χ3n) is 5.18. The molecule has 0 unspecified atom stereocenters. The van der Waals surface area contributed by atoms with E-state index in [0.29, 0.717) is 0 Å². The minimum atomic E-state index is 0.787. The molecule has 1 aromatic heterocycles. The molecule has 0 amide bonds. The van der Waals surface area contributed by atoms with Crippen LogP contribution in [0.4, 0.5) is 0 Å². The second-order valence-corrected chi connectivity index (χ2v) is 7.34. The molecule has 0 bridgehead atoms. The van der Waals surface area contributed by atoms with Crippen molar-refractivity contribution in [1.29, 1.82) is 0 Å². The van der Waals surface area contributed by atoms with E-state index in [1.54, 1.807) is 5.56 Å². The predicted molar refractivity (Wildman–Crippen MR) is 100 cm³/mol. The SMILES string of the molecule is c1ccc2c(CCN3CCC(c4ccsc4)CC3)cccc2c1. The van der Waals surface area contributed by atoms with Gasteiger partial charge in [-0.2, -0.15) is 11.3 Å². The second kappa shape index (κ2) is 6.86. The molecule has 0 aliphatic carbocycles. The van der Waals surface area contributed by atoms with E-state index < -0.39 is 0 Å². The van der Waals surface area contributed by atoms with E-state index in [4.69, 9.17) is 0 Å². The van der Waals surface area contributed by atoms with Crippen LogP contribution in [0.5, 0.6) is 0 Å². The van der Waals surface area contributed by atoms with E-state index in [0.717, 1.165) is 12.3 Å². The van der Waals surface area contributed by atoms with Crippen molar-refractivity contribution in [3.8, 4) is 0 Å². The molecule has 0 radical (unpaired) electrons. The number of hydrogen-bond donors (Lipinski definition) is 0. The number of likely N-dealkylation sites (tertiary alicyclic amines) is 1. The molecule has 1 fully saturated rings. The summed E-state index contributed by atoms with van der Waals surface area (Å²) in [5.74, 6) is 0.787. The maximum absolute atomic E-state index is 2.64. The number of thiophene rings is 1. The lowest BCUT2D eigenvalue weighted by Gasteiger charge is -2.31. The Bertz CT molecular complexity index is 749. The molecular weight excluding hydrogens is 298 g/mol. The Morgan fingerprint density at radius 2 is 1.78 bits per heavy atom. The molecule has 4 rings (SSSR count). The molecule has 0 spiro atoms. The summed E-state index contributed by atoms with van der Waals surface area (Å²) in [4.78, 5) is 2.64. The zero-order valence-electron chi connectivity index (χ0n) is 13.4. The van der Waals surface area contributed by atoms with Gasteiger partial charge in [0.05, 0.1) is 0 Å². The van der Waals surface area contributed by atoms with Gasteiger partial charge in [0.15, 0.2) is 0 Å². The van der Waals surface area contributed by atoms with Gasteiger partial charge in [-0.1, -0.05) is 42.5 Å². The summed E-state index contributed by atoms with van der Waals surface area (Å²) in [6.07, 6.45) is 3.78. The molecule has 1 saturated heterocycles. The van der Waals surface area contributed by atoms with Crippen molar-refractivity contribution in [2.75, 3.05) is 19.6 Å². The van der Waals surface area contributed by atoms with Gasteiger partial charge in [-0.15, -0.1) is 0 Å². The van der Waals surface area contributed by atoms with E-state index in [1.165, 1.54) is 48.8 Å². The highest BCUT2D eigenvalue weighted by Crippen LogP contribution is 2.29. The molecule has 118 valence electrons. The predicted octanol–water partition coefficient (Wildman–Crippen LogP) is 5.32. The minimum Gasteiger partial charge on any atom is -0.303 e. The fourth-order valence-corrected chi connectivity index (χ4v) is 4.53. The first kappa shape index (κ1) is 14.9. The molecule has 0 N–H and O–H groups in total. The molecule has 2 heteroatoms. The highest BCUT2D eigenvalue weighted by Gasteiger charge is 2.20. The first-order chi connectivity index (χ1) is 11.4. The third kappa shape index (κ3) is 3.34. The fourth-order valence-electron chi connectivity index (χ4n) is 3.79. The summed E-state index contributed by atoms with van der Waals surface area (Å²) in [6, 6.07) is 17.8. The van der Waals surface area contributed by atoms with Crippen LogP contribution in [-0.4, -0.2) is 24.5 Å². The number of benzene rings is 2. The van der Waals surface area contributed by atoms with E-state index >= 15 is 0 Å². The van der Waals surface area contributed by atoms with Crippen LogP contribution in [0.3, 0.4) is 0 Å². The van der Waals surface area contributed by atoms with Crippen molar-refractivity contribution in [1.82, 2.24) is 4.90 Å². The number of nitrogens with zero attached hydrogens (tertiary/aromatic N) is 1. The van der Waals surface area contributed by atoms with Gasteiger partial charge < -0.3 is 4.90 Å². The van der Waals surface area contributed by atoms with E-state index in [2.05, 4.69) is 64.2 Å². The molecular formula is C21H23NS. The van der Waals surface area contributed by atoms with Crippen LogP contribution >= 0.6 is 11.3 Å². The summed E-state index contributed by atoms with van der Waals surface area (Å²) in [6.45, 7) is 3.67. The van der Waals surface area contributed by atoms with E-state index in [9.17, 15) is 0 Å². The van der Waals surface area contributed by atoms with Crippen molar-refractivity contribution in [2.24, 2.45) is 0 Å². The van der Waals surface area contributed by atoms with Crippen LogP contribution in [0, 0.1) is 0 Å². The maximum atomic E-state index is 2.64. The van der Waals surface area contributed by atoms with Gasteiger partial charge in [-0.3, -0.25) is 0 Å². The van der Waals surface area contributed by atoms with Gasteiger partial charge in [-0.05, 0) is 77.0 Å². The molecule has 1 aliphatic rings. The monoisotopic (exact) mass is 321 g/mol. The summed E-state index contributed by atoms with van der Waals surface area (Å²) in [5.41, 5.74) is 3.05. The van der Waals surface area contributed by atoms with Crippen molar-refractivity contribution in [2.45, 2.75) is 25.2 Å². The Morgan fingerprint density at radius 1 is 0.957 bits per heavy atom. The standard InChI is InChI=1S/C21H23NS/c1-2-7-21-18(4-1)5-3-6-19(21)10-14-22-12-8-17(9-13-22)20-11-15-23-16-20/h1-7,11,15-17H,8-10,12-14H2. The quantitative estimate of drug-likeness (QED) is 0.628. The van der Waals surface area contributed by atoms with E-state index in [-0.39, 0.29) is 0 Å². The Hall–Kier alpha value is -1.64. The Balaban J connectivity index is 1.36. The average molecular weight is 321 g/mol. The largest absolute Gasteiger partial charge is 0.303 e. The first-order valence-corrected chi connectivity index (χ1v) is 9.55. The van der Waals surface area contributed by atoms with Crippen molar-refractivity contribution in [3.63, 3.8) is 0 Å². The number of rotatable bonds is 4. The molecule has 0 saturated carbocycles. The topological polar surface area (TPSA) is 3.24 Å². The molecule has 1 nitrogen and oxygen atoms in total. The van der Waals surface area contributed by atoms with Gasteiger partial charge in [0, 0.05) is 6.54 Å². The number of fused-ring (bicyclic) bond motifs is 1. The van der Waals surface area contributed by atoms with Crippen LogP contribution in [0.25, 0.3) is 10.8 Å². The van der Waals surface area contributed by atoms with Crippen molar-refractivity contribution >= 4 is 22.1 Å². The second-order valence-electron chi connectivity index (χ2n) is 6.56. The summed E-state index contributed by atoms with van der Waals surface area (Å²) in [7, 11) is 0. The van der Waals surface area contributed by atoms with Gasteiger partial charge in [0.2, 0.25) is 0 Å². The smallest absolute Gasteiger partial charge is 0.00220 e. The minimum absolute atomic E-state index is 0.787. The van der Waals surface area contributed by atoms with Crippen LogP contribution in [0.2, 0.25) is 0 Å². The Labute approximate surface area is 142 Å². The average Bonchev–Trinajstić information content (AvgIpc) is 3.15. The van der Waals surface area contributed by atoms with Crippen LogP contribution in [0.1, 0.15) is 29.9 Å². The lowest BCUT2D eigenvalue weighted by Crippen LogP contribution is -2.34. The number of hydrogen-bond acceptors (Lipinski definition) is 2. The van der Waals surface area contributed by atoms with Crippen LogP contribution < -0.4 is 0 Å². The lowest BCUT2D eigenvalue weighted by molar-refractivity contribution is 0.215. The van der Waals surface area contributed by atoms with Gasteiger partial charge in [0.1, 0.15) is 0 Å². The van der Waals surface area contributed by atoms with E-state index in [1.807, 2.05) is 11.3 Å². The van der Waals surface area contributed by atoms with Gasteiger partial charge in [-0.25, -0.2) is 0 Å². The summed E-state index contributed by atoms with van der Waals surface area (Å²) < 4.78 is 0. The molecule has 1 aliphatic heterocycles. The summed E-state index contributed by atoms with van der Waals surface area (Å²) >= 11 is 1.83. The van der Waals surface area contributed by atoms with Gasteiger partial charge >= 0.3 is 0 Å². The zero-order valence-corrected chi connectivity index (χ0v) is 14.3. The van der Waals surface area contributed by atoms with Crippen molar-refractivity contribution in [3.05, 3.63) is 70.4 Å². The summed E-state index contributed by atoms with van der Waals surface area (Å²) in [5, 5.41) is 7.32. The van der Waals surface area contributed by atoms with Gasteiger partial charge in [0.25, 0.3) is 0 Å². The highest BCUT2D eigenvalue weighted by atomic mass is 32.1. The normalized spacial score (nSPS) is 16.9. The molecule has 2 aromatic carbocycles. The van der Waals surface area contributed by atoms with Crippen LogP contribution in [-0.2, 0) is 6.42 Å². The van der Waals surface area contributed by atoms with Crippen molar-refractivity contribution < 1.29 is 0 Å². The van der Waals surface area contributed by atoms with Crippen LogP contribution in [0.15, 0.2) is 59.3 Å². The third-order valence-corrected chi connectivity index (χ3v) is 5.88. The zero-order chi connectivity index (χ0) is 15.5. The Morgan fingerprint density at radius 3 is 2.61 bits per heavy atom. The lowest BCUT2D eigenvalue weighted by atomic mass is 9.91. The first-order valence-electron chi connectivity index (χ1n) is 8.61. The maximum Gasteiger partial charge on any atom is 0.00220 e. The Kier molecular flexibility index (Phi) is 4.45. The number of piperidine rings is 1. The molecule has 23 heavy (non-hydrogen) atoms. The molecule has 3 aromatic rings.